The van der Waals surface area contributed by atoms with Crippen LogP contribution in [-0.4, -0.2) is 11.0 Å². The minimum Gasteiger partial charge on any atom is -0.358 e. The minimum absolute atomic E-state index is 0.372. The van der Waals surface area contributed by atoms with Crippen LogP contribution in [0.15, 0.2) is 12.0 Å². The molecule has 0 bridgehead atoms. The molecule has 0 fully saturated rings. The van der Waals surface area contributed by atoms with Gasteiger partial charge in [-0.15, -0.1) is 0 Å². The lowest BCUT2D eigenvalue weighted by Gasteiger charge is -2.08. The van der Waals surface area contributed by atoms with Gasteiger partial charge >= 0.3 is 11.9 Å². The van der Waals surface area contributed by atoms with Crippen molar-refractivity contribution in [2.45, 2.75) is 0 Å². The van der Waals surface area contributed by atoms with Gasteiger partial charge in [-0.1, -0.05) is 0 Å². The van der Waals surface area contributed by atoms with Crippen LogP contribution in [0.25, 0.3) is 0 Å². The lowest BCUT2D eigenvalue weighted by Crippen LogP contribution is -2.47. The number of nitrogens with zero attached hydrogens (tertiary/aromatic N) is 1. The lowest BCUT2D eigenvalue weighted by molar-refractivity contribution is -0.431. The van der Waals surface area contributed by atoms with E-state index in [4.69, 9.17) is 0 Å². The number of hydrogen-bond acceptors (Lipinski definition) is 4. The van der Waals surface area contributed by atoms with Crippen LogP contribution in [0.3, 0.4) is 0 Å². The standard InChI is InChI=1S/C3H4N4O3/c8-3-5-2(7(9)10)1-4-6-3/h1,4H,(H2,5,6,8). The van der Waals surface area contributed by atoms with Crippen molar-refractivity contribution in [2.75, 3.05) is 0 Å². The average Bonchev–Trinajstić information content (AvgIpc) is 1.88. The van der Waals surface area contributed by atoms with Crippen LogP contribution in [-0.2, 0) is 0 Å². The number of rotatable bonds is 1. The number of carbonyl (C=O) groups excluding carboxylic acids is 1. The number of nitrogens with one attached hydrogen (secondary N) is 3. The fourth-order valence-electron chi connectivity index (χ4n) is 0.452. The van der Waals surface area contributed by atoms with Gasteiger partial charge in [0.25, 0.3) is 0 Å². The summed E-state index contributed by atoms with van der Waals surface area (Å²) >= 11 is 0. The maximum Gasteiger partial charge on any atom is 0.425 e. The van der Waals surface area contributed by atoms with Gasteiger partial charge in [0.15, 0.2) is 0 Å². The molecule has 0 aromatic heterocycles. The SMILES string of the molecule is O=C1NNC=C([N+](=O)[O-])N1. The van der Waals surface area contributed by atoms with E-state index in [9.17, 15) is 14.9 Å². The van der Waals surface area contributed by atoms with Gasteiger partial charge in [-0.3, -0.25) is 5.43 Å². The van der Waals surface area contributed by atoms with Crippen LogP contribution >= 0.6 is 0 Å². The first-order valence-electron chi connectivity index (χ1n) is 2.37. The summed E-state index contributed by atoms with van der Waals surface area (Å²) in [5.41, 5.74) is 4.29. The topological polar surface area (TPSA) is 96.3 Å². The molecule has 0 atom stereocenters. The monoisotopic (exact) mass is 144 g/mol. The zero-order chi connectivity index (χ0) is 7.56. The first kappa shape index (κ1) is 6.33. The Morgan fingerprint density at radius 1 is 1.60 bits per heavy atom. The van der Waals surface area contributed by atoms with Crippen molar-refractivity contribution < 1.29 is 9.72 Å². The molecule has 0 spiro atoms. The predicted octanol–water partition coefficient (Wildman–Crippen LogP) is -1.12. The van der Waals surface area contributed by atoms with Crippen LogP contribution in [0.5, 0.6) is 0 Å². The van der Waals surface area contributed by atoms with Crippen LogP contribution in [0.4, 0.5) is 4.79 Å². The number of nitro groups is 1. The zero-order valence-corrected chi connectivity index (χ0v) is 4.75. The normalized spacial score (nSPS) is 16.0. The summed E-state index contributed by atoms with van der Waals surface area (Å²) in [6.07, 6.45) is 1.04. The van der Waals surface area contributed by atoms with Crippen molar-refractivity contribution >= 4 is 6.03 Å². The van der Waals surface area contributed by atoms with Gasteiger partial charge in [0.1, 0.15) is 6.20 Å². The van der Waals surface area contributed by atoms with Crippen molar-refractivity contribution in [3.8, 4) is 0 Å². The molecular weight excluding hydrogens is 140 g/mol. The fourth-order valence-corrected chi connectivity index (χ4v) is 0.452. The largest absolute Gasteiger partial charge is 0.425 e. The van der Waals surface area contributed by atoms with Crippen LogP contribution < -0.4 is 16.2 Å². The molecule has 0 radical (unpaired) electrons. The molecule has 0 saturated carbocycles. The lowest BCUT2D eigenvalue weighted by atomic mass is 10.7. The highest BCUT2D eigenvalue weighted by Gasteiger charge is 2.17. The van der Waals surface area contributed by atoms with E-state index in [1.165, 1.54) is 0 Å². The quantitative estimate of drug-likeness (QED) is 0.320. The van der Waals surface area contributed by atoms with Crippen molar-refractivity contribution in [2.24, 2.45) is 0 Å². The third kappa shape index (κ3) is 1.13. The highest BCUT2D eigenvalue weighted by molar-refractivity contribution is 5.75. The minimum atomic E-state index is -0.703. The predicted molar refractivity (Wildman–Crippen MR) is 29.9 cm³/mol. The second kappa shape index (κ2) is 2.21. The molecule has 0 saturated heterocycles. The Balaban J connectivity index is 2.69. The number of hydrogen-bond donors (Lipinski definition) is 3. The van der Waals surface area contributed by atoms with Gasteiger partial charge in [-0.05, 0) is 4.92 Å². The summed E-state index contributed by atoms with van der Waals surface area (Å²) in [7, 11) is 0. The number of amides is 2. The van der Waals surface area contributed by atoms with Gasteiger partial charge in [0.05, 0.1) is 0 Å². The summed E-state index contributed by atoms with van der Waals surface area (Å²) in [5, 5.41) is 11.9. The van der Waals surface area contributed by atoms with E-state index in [0.29, 0.717) is 0 Å². The molecule has 0 unspecified atom stereocenters. The van der Waals surface area contributed by atoms with E-state index in [-0.39, 0.29) is 5.82 Å². The maximum absolute atomic E-state index is 10.3. The van der Waals surface area contributed by atoms with Crippen molar-refractivity contribution in [1.29, 1.82) is 0 Å². The van der Waals surface area contributed by atoms with Gasteiger partial charge in [0.2, 0.25) is 0 Å². The molecule has 54 valence electrons. The third-order valence-corrected chi connectivity index (χ3v) is 0.833. The molecule has 2 amide bonds. The van der Waals surface area contributed by atoms with Crippen molar-refractivity contribution in [3.05, 3.63) is 22.1 Å². The number of hydrazine groups is 1. The Kier molecular flexibility index (Phi) is 1.40. The Labute approximate surface area is 55.2 Å². The molecule has 1 rings (SSSR count). The highest BCUT2D eigenvalue weighted by atomic mass is 16.6. The summed E-state index contributed by atoms with van der Waals surface area (Å²) in [6, 6.07) is -0.644. The van der Waals surface area contributed by atoms with Crippen molar-refractivity contribution in [1.82, 2.24) is 16.2 Å². The molecule has 7 nitrogen and oxygen atoms in total. The maximum atomic E-state index is 10.3. The molecule has 1 aliphatic heterocycles. The van der Waals surface area contributed by atoms with Gasteiger partial charge in [-0.2, -0.15) is 5.32 Å². The van der Waals surface area contributed by atoms with E-state index >= 15 is 0 Å². The Bertz CT molecular complexity index is 210. The average molecular weight is 144 g/mol. The van der Waals surface area contributed by atoms with Gasteiger partial charge < -0.3 is 10.1 Å². The van der Waals surface area contributed by atoms with E-state index < -0.39 is 11.0 Å². The second-order valence-corrected chi connectivity index (χ2v) is 1.51. The van der Waals surface area contributed by atoms with Crippen LogP contribution in [0.1, 0.15) is 0 Å². The summed E-state index contributed by atoms with van der Waals surface area (Å²) < 4.78 is 0. The second-order valence-electron chi connectivity index (χ2n) is 1.51. The Hall–Kier alpha value is -1.79. The summed E-state index contributed by atoms with van der Waals surface area (Å²) in [5.74, 6) is -0.372. The Morgan fingerprint density at radius 3 is 2.70 bits per heavy atom. The van der Waals surface area contributed by atoms with Crippen molar-refractivity contribution in [3.63, 3.8) is 0 Å². The van der Waals surface area contributed by atoms with E-state index in [1.54, 1.807) is 0 Å². The van der Waals surface area contributed by atoms with Crippen LogP contribution in [0, 0.1) is 10.1 Å². The molecular formula is C3H4N4O3. The smallest absolute Gasteiger partial charge is 0.358 e. The molecule has 0 aromatic carbocycles. The van der Waals surface area contributed by atoms with Gasteiger partial charge in [0, 0.05) is 0 Å². The molecule has 3 N–H and O–H groups in total. The number of urea groups is 1. The summed E-state index contributed by atoms with van der Waals surface area (Å²) in [4.78, 5) is 19.6. The molecule has 0 aliphatic carbocycles. The molecule has 10 heavy (non-hydrogen) atoms. The molecule has 0 aromatic rings. The first-order chi connectivity index (χ1) is 4.70. The van der Waals surface area contributed by atoms with E-state index in [1.807, 2.05) is 5.32 Å². The van der Waals surface area contributed by atoms with Gasteiger partial charge in [-0.25, -0.2) is 10.2 Å². The Morgan fingerprint density at radius 2 is 2.30 bits per heavy atom. The van der Waals surface area contributed by atoms with E-state index in [0.717, 1.165) is 6.20 Å². The fraction of sp³-hybridized carbons (Fsp3) is 0. The first-order valence-corrected chi connectivity index (χ1v) is 2.37. The molecule has 1 heterocycles. The zero-order valence-electron chi connectivity index (χ0n) is 4.75. The third-order valence-electron chi connectivity index (χ3n) is 0.833. The molecule has 7 heteroatoms. The highest BCUT2D eigenvalue weighted by Crippen LogP contribution is 1.89. The summed E-state index contributed by atoms with van der Waals surface area (Å²) in [6.45, 7) is 0. The number of carbonyl (C=O) groups is 1. The van der Waals surface area contributed by atoms with Crippen LogP contribution in [0.2, 0.25) is 0 Å². The molecule has 1 aliphatic rings. The van der Waals surface area contributed by atoms with E-state index in [2.05, 4.69) is 10.9 Å².